The van der Waals surface area contributed by atoms with Gasteiger partial charge in [0.15, 0.2) is 23.2 Å². The molecule has 0 fully saturated rings. The molecule has 0 spiro atoms. The standard InChI is InChI=1S/C24H23F2N5O2/c25-16-10-15(21(26)20(32)11-16)13-31-9-3-8-27-22-23(31)29-19(12-28-22)24(33)30-18-7-6-14-4-1-2-5-17(14)18/h1-2,4-5,10-12,18,32H,3,6-9,13H2,(H,27,28)(H,30,33). The third-order valence-electron chi connectivity index (χ3n) is 6.08. The van der Waals surface area contributed by atoms with E-state index in [2.05, 4.69) is 26.7 Å². The molecule has 0 saturated heterocycles. The lowest BCUT2D eigenvalue weighted by Crippen LogP contribution is -2.30. The number of nitrogens with one attached hydrogen (secondary N) is 2. The first-order valence-electron chi connectivity index (χ1n) is 10.9. The topological polar surface area (TPSA) is 90.4 Å². The second-order valence-electron chi connectivity index (χ2n) is 8.29. The largest absolute Gasteiger partial charge is 0.505 e. The second kappa shape index (κ2) is 8.65. The van der Waals surface area contributed by atoms with Gasteiger partial charge in [-0.25, -0.2) is 18.7 Å². The van der Waals surface area contributed by atoms with E-state index in [4.69, 9.17) is 0 Å². The van der Waals surface area contributed by atoms with Gasteiger partial charge in [0, 0.05) is 31.3 Å². The minimum Gasteiger partial charge on any atom is -0.505 e. The Kier molecular flexibility index (Phi) is 5.53. The second-order valence-corrected chi connectivity index (χ2v) is 8.29. The zero-order chi connectivity index (χ0) is 22.9. The van der Waals surface area contributed by atoms with Crippen LogP contribution in [0.5, 0.6) is 5.75 Å². The molecule has 1 aliphatic heterocycles. The van der Waals surface area contributed by atoms with E-state index in [1.165, 1.54) is 11.8 Å². The number of carbonyl (C=O) groups is 1. The fourth-order valence-corrected chi connectivity index (χ4v) is 4.46. The highest BCUT2D eigenvalue weighted by Crippen LogP contribution is 2.32. The lowest BCUT2D eigenvalue weighted by atomic mass is 10.1. The first-order valence-corrected chi connectivity index (χ1v) is 10.9. The molecule has 3 N–H and O–H groups in total. The predicted octanol–water partition coefficient (Wildman–Crippen LogP) is 3.70. The van der Waals surface area contributed by atoms with Crippen LogP contribution in [-0.4, -0.2) is 34.1 Å². The summed E-state index contributed by atoms with van der Waals surface area (Å²) < 4.78 is 28.2. The van der Waals surface area contributed by atoms with Gasteiger partial charge in [0.05, 0.1) is 12.2 Å². The van der Waals surface area contributed by atoms with Gasteiger partial charge in [0.25, 0.3) is 5.91 Å². The Morgan fingerprint density at radius 2 is 2.12 bits per heavy atom. The summed E-state index contributed by atoms with van der Waals surface area (Å²) in [6.45, 7) is 1.09. The molecule has 0 radical (unpaired) electrons. The number of nitrogens with zero attached hydrogens (tertiary/aromatic N) is 3. The van der Waals surface area contributed by atoms with Crippen molar-refractivity contribution in [2.24, 2.45) is 0 Å². The first-order chi connectivity index (χ1) is 16.0. The number of anilines is 2. The Balaban J connectivity index is 1.41. The van der Waals surface area contributed by atoms with Crippen LogP contribution >= 0.6 is 0 Å². The van der Waals surface area contributed by atoms with Crippen LogP contribution in [0.3, 0.4) is 0 Å². The molecule has 2 aromatic carbocycles. The lowest BCUT2D eigenvalue weighted by Gasteiger charge is -2.24. The van der Waals surface area contributed by atoms with E-state index in [0.29, 0.717) is 31.1 Å². The summed E-state index contributed by atoms with van der Waals surface area (Å²) in [7, 11) is 0. The number of fused-ring (bicyclic) bond motifs is 2. The third-order valence-corrected chi connectivity index (χ3v) is 6.08. The zero-order valence-corrected chi connectivity index (χ0v) is 17.8. The van der Waals surface area contributed by atoms with Gasteiger partial charge in [-0.15, -0.1) is 0 Å². The summed E-state index contributed by atoms with van der Waals surface area (Å²) in [5, 5.41) is 15.9. The molecule has 2 heterocycles. The van der Waals surface area contributed by atoms with E-state index in [9.17, 15) is 18.7 Å². The molecule has 1 amide bonds. The fraction of sp³-hybridized carbons (Fsp3) is 0.292. The van der Waals surface area contributed by atoms with Crippen molar-refractivity contribution in [3.05, 3.63) is 76.6 Å². The highest BCUT2D eigenvalue weighted by molar-refractivity contribution is 5.93. The highest BCUT2D eigenvalue weighted by Gasteiger charge is 2.26. The number of phenols is 1. The Hall–Kier alpha value is -3.75. The molecule has 0 bridgehead atoms. The summed E-state index contributed by atoms with van der Waals surface area (Å²) in [5.41, 5.74) is 2.48. The number of benzene rings is 2. The minimum absolute atomic E-state index is 0.000401. The predicted molar refractivity (Wildman–Crippen MR) is 119 cm³/mol. The molecule has 1 unspecified atom stereocenters. The Morgan fingerprint density at radius 3 is 3.00 bits per heavy atom. The molecule has 7 nitrogen and oxygen atoms in total. The number of phenolic OH excluding ortho intramolecular Hbond substituents is 1. The molecule has 1 aromatic heterocycles. The van der Waals surface area contributed by atoms with Crippen molar-refractivity contribution in [3.8, 4) is 5.75 Å². The fourth-order valence-electron chi connectivity index (χ4n) is 4.46. The Bertz CT molecular complexity index is 1220. The van der Waals surface area contributed by atoms with Gasteiger partial charge < -0.3 is 20.6 Å². The van der Waals surface area contributed by atoms with Crippen molar-refractivity contribution >= 4 is 17.5 Å². The quantitative estimate of drug-likeness (QED) is 0.561. The van der Waals surface area contributed by atoms with Crippen LogP contribution in [0, 0.1) is 11.6 Å². The van der Waals surface area contributed by atoms with Crippen molar-refractivity contribution in [3.63, 3.8) is 0 Å². The van der Waals surface area contributed by atoms with Gasteiger partial charge in [0.1, 0.15) is 11.5 Å². The molecule has 1 atom stereocenters. The molecule has 2 aliphatic rings. The molecule has 33 heavy (non-hydrogen) atoms. The van der Waals surface area contributed by atoms with E-state index < -0.39 is 17.4 Å². The van der Waals surface area contributed by atoms with E-state index in [-0.39, 0.29) is 29.8 Å². The Morgan fingerprint density at radius 1 is 1.27 bits per heavy atom. The maximum atomic E-state index is 14.4. The summed E-state index contributed by atoms with van der Waals surface area (Å²) in [4.78, 5) is 23.6. The number of aryl methyl sites for hydroxylation is 1. The number of aromatic hydroxyl groups is 1. The van der Waals surface area contributed by atoms with Crippen LogP contribution in [-0.2, 0) is 13.0 Å². The van der Waals surface area contributed by atoms with Crippen molar-refractivity contribution in [2.75, 3.05) is 23.3 Å². The van der Waals surface area contributed by atoms with Crippen LogP contribution in [0.2, 0.25) is 0 Å². The number of halogens is 2. The number of aromatic nitrogens is 2. The maximum absolute atomic E-state index is 14.4. The first kappa shape index (κ1) is 21.1. The van der Waals surface area contributed by atoms with Crippen molar-refractivity contribution < 1.29 is 18.7 Å². The normalized spacial score (nSPS) is 17.0. The maximum Gasteiger partial charge on any atom is 0.272 e. The van der Waals surface area contributed by atoms with E-state index in [0.717, 1.165) is 30.5 Å². The number of amides is 1. The number of carbonyl (C=O) groups excluding carboxylic acids is 1. The molecule has 9 heteroatoms. The smallest absolute Gasteiger partial charge is 0.272 e. The summed E-state index contributed by atoms with van der Waals surface area (Å²) >= 11 is 0. The molecule has 170 valence electrons. The monoisotopic (exact) mass is 451 g/mol. The number of hydrogen-bond donors (Lipinski definition) is 3. The van der Waals surface area contributed by atoms with Crippen LogP contribution < -0.4 is 15.5 Å². The molecular weight excluding hydrogens is 428 g/mol. The van der Waals surface area contributed by atoms with Crippen molar-refractivity contribution in [2.45, 2.75) is 31.8 Å². The molecule has 3 aromatic rings. The van der Waals surface area contributed by atoms with Gasteiger partial charge in [-0.1, -0.05) is 24.3 Å². The minimum atomic E-state index is -0.878. The van der Waals surface area contributed by atoms with Gasteiger partial charge in [-0.05, 0) is 36.5 Å². The van der Waals surface area contributed by atoms with Crippen LogP contribution in [0.15, 0.2) is 42.6 Å². The van der Waals surface area contributed by atoms with Gasteiger partial charge in [0.2, 0.25) is 0 Å². The van der Waals surface area contributed by atoms with Crippen molar-refractivity contribution in [1.29, 1.82) is 0 Å². The number of hydrogen-bond acceptors (Lipinski definition) is 6. The van der Waals surface area contributed by atoms with E-state index in [1.54, 1.807) is 4.90 Å². The van der Waals surface area contributed by atoms with Crippen LogP contribution in [0.25, 0.3) is 0 Å². The lowest BCUT2D eigenvalue weighted by molar-refractivity contribution is 0.0931. The van der Waals surface area contributed by atoms with Gasteiger partial charge >= 0.3 is 0 Å². The summed E-state index contributed by atoms with van der Waals surface area (Å²) in [6, 6.07) is 9.73. The van der Waals surface area contributed by atoms with Crippen LogP contribution in [0.1, 0.15) is 46.1 Å². The molecule has 5 rings (SSSR count). The molecule has 0 saturated carbocycles. The highest BCUT2D eigenvalue weighted by atomic mass is 19.1. The number of rotatable bonds is 4. The van der Waals surface area contributed by atoms with Crippen molar-refractivity contribution in [1.82, 2.24) is 15.3 Å². The third kappa shape index (κ3) is 4.18. The van der Waals surface area contributed by atoms with Gasteiger partial charge in [-0.3, -0.25) is 4.79 Å². The van der Waals surface area contributed by atoms with Gasteiger partial charge in [-0.2, -0.15) is 0 Å². The van der Waals surface area contributed by atoms with E-state index in [1.807, 2.05) is 18.2 Å². The average molecular weight is 451 g/mol. The summed E-state index contributed by atoms with van der Waals surface area (Å²) in [5.74, 6) is -1.84. The van der Waals surface area contributed by atoms with E-state index >= 15 is 0 Å². The molecular formula is C24H23F2N5O2. The molecule has 1 aliphatic carbocycles. The Labute approximate surface area is 189 Å². The average Bonchev–Trinajstić information content (AvgIpc) is 3.10. The zero-order valence-electron chi connectivity index (χ0n) is 17.8. The SMILES string of the molecule is O=C(NC1CCc2ccccc21)c1cnc2c(n1)N(Cc1cc(F)cc(O)c1F)CCCN2. The van der Waals surface area contributed by atoms with Crippen LogP contribution in [0.4, 0.5) is 20.4 Å². The summed E-state index contributed by atoms with van der Waals surface area (Å²) in [6.07, 6.45) is 3.85.